The van der Waals surface area contributed by atoms with E-state index in [0.717, 1.165) is 29.1 Å². The van der Waals surface area contributed by atoms with Crippen LogP contribution in [0, 0.1) is 11.3 Å². The molecule has 0 amide bonds. The number of allylic oxidation sites excluding steroid dienone is 2. The van der Waals surface area contributed by atoms with Gasteiger partial charge in [0.25, 0.3) is 0 Å². The quantitative estimate of drug-likeness (QED) is 0.658. The zero-order valence-corrected chi connectivity index (χ0v) is 15.3. The van der Waals surface area contributed by atoms with Crippen molar-refractivity contribution < 1.29 is 24.6 Å². The summed E-state index contributed by atoms with van der Waals surface area (Å²) in [6.07, 6.45) is 8.84. The fourth-order valence-corrected chi connectivity index (χ4v) is 6.32. The summed E-state index contributed by atoms with van der Waals surface area (Å²) in [7, 11) is 2.24. The molecule has 4 aliphatic carbocycles. The van der Waals surface area contributed by atoms with Gasteiger partial charge in [-0.2, -0.15) is 0 Å². The summed E-state index contributed by atoms with van der Waals surface area (Å²) in [4.78, 5) is 12.4. The molecule has 5 aliphatic rings. The second kappa shape index (κ2) is 5.09. The topological polar surface area (TPSA) is 77.8 Å². The van der Waals surface area contributed by atoms with Crippen molar-refractivity contribution >= 4 is 5.78 Å². The molecule has 26 heavy (non-hydrogen) atoms. The number of carbonyl (C=O) groups excluding carboxylic acids is 1. The summed E-state index contributed by atoms with van der Waals surface area (Å²) in [5.74, 6) is 0.815. The highest BCUT2D eigenvalue weighted by Gasteiger charge is 2.70. The summed E-state index contributed by atoms with van der Waals surface area (Å²) < 4.78 is 0.811. The average molecular weight is 358 g/mol. The van der Waals surface area contributed by atoms with E-state index < -0.39 is 17.1 Å². The Morgan fingerprint density at radius 1 is 1.31 bits per heavy atom. The molecule has 0 aromatic heterocycles. The number of aliphatic hydroxyl groups excluding tert-OH is 2. The molecule has 1 heterocycles. The van der Waals surface area contributed by atoms with E-state index in [1.54, 1.807) is 6.08 Å². The van der Waals surface area contributed by atoms with E-state index >= 15 is 0 Å². The second-order valence-corrected chi connectivity index (χ2v) is 9.43. The molecule has 5 heteroatoms. The van der Waals surface area contributed by atoms with Gasteiger partial charge in [0, 0.05) is 36.2 Å². The van der Waals surface area contributed by atoms with Crippen LogP contribution in [0.15, 0.2) is 35.1 Å². The zero-order chi connectivity index (χ0) is 18.3. The second-order valence-electron chi connectivity index (χ2n) is 9.43. The van der Waals surface area contributed by atoms with Gasteiger partial charge < -0.3 is 19.8 Å². The predicted octanol–water partition coefficient (Wildman–Crippen LogP) is 1.77. The maximum atomic E-state index is 12.4. The number of ketones is 1. The molecule has 0 radical (unpaired) electrons. The van der Waals surface area contributed by atoms with Gasteiger partial charge in [0.05, 0.1) is 20.1 Å². The zero-order valence-electron chi connectivity index (χ0n) is 15.3. The van der Waals surface area contributed by atoms with Gasteiger partial charge in [-0.05, 0) is 37.0 Å². The Balaban J connectivity index is 1.72. The van der Waals surface area contributed by atoms with Crippen LogP contribution in [-0.2, 0) is 4.79 Å². The number of fused-ring (bicyclic) bond motifs is 1. The van der Waals surface area contributed by atoms with Gasteiger partial charge in [0.2, 0.25) is 0 Å². The minimum absolute atomic E-state index is 0.0728. The van der Waals surface area contributed by atoms with Crippen LogP contribution in [-0.4, -0.2) is 63.5 Å². The standard InChI is InChI=1S/C21H27NO4/c1-22(12-13-2-3-13)9-8-20-11-15(23)6-7-21(20,26)17(22)10-14-4-5-16(24)19(25)18(14)20/h4-5,10,13,16-17,24,26H,2-3,6-9,11-12H2,1H3/p+1/t16?,17-,20?,21-,22?/m1/s1. The first-order valence-electron chi connectivity index (χ1n) is 9.89. The number of rotatable bonds is 2. The third-order valence-electron chi connectivity index (χ3n) is 7.79. The van der Waals surface area contributed by atoms with Crippen LogP contribution in [0.1, 0.15) is 38.5 Å². The van der Waals surface area contributed by atoms with Crippen LogP contribution >= 0.6 is 0 Å². The lowest BCUT2D eigenvalue weighted by atomic mass is 9.48. The molecule has 3 fully saturated rings. The normalized spacial score (nSPS) is 47.3. The number of likely N-dealkylation sites (N-methyl/N-ethyl adjacent to an activating group) is 1. The maximum Gasteiger partial charge on any atom is 0.138 e. The lowest BCUT2D eigenvalue weighted by Gasteiger charge is -2.64. The molecule has 2 bridgehead atoms. The Bertz CT molecular complexity index is 779. The number of carbonyl (C=O) groups is 1. The largest absolute Gasteiger partial charge is 0.509 e. The molecular weight excluding hydrogens is 330 g/mol. The lowest BCUT2D eigenvalue weighted by molar-refractivity contribution is -0.944. The molecule has 1 aliphatic heterocycles. The first kappa shape index (κ1) is 16.7. The van der Waals surface area contributed by atoms with Gasteiger partial charge in [-0.3, -0.25) is 4.79 Å². The van der Waals surface area contributed by atoms with Gasteiger partial charge in [-0.1, -0.05) is 6.08 Å². The summed E-state index contributed by atoms with van der Waals surface area (Å²) in [5, 5.41) is 32.9. The monoisotopic (exact) mass is 358 g/mol. The first-order chi connectivity index (χ1) is 12.3. The molecule has 5 rings (SSSR count). The van der Waals surface area contributed by atoms with Crippen molar-refractivity contribution in [1.29, 1.82) is 0 Å². The van der Waals surface area contributed by atoms with Crippen LogP contribution in [0.5, 0.6) is 0 Å². The third kappa shape index (κ3) is 1.99. The van der Waals surface area contributed by atoms with Crippen molar-refractivity contribution in [2.75, 3.05) is 20.1 Å². The van der Waals surface area contributed by atoms with Crippen LogP contribution in [0.4, 0.5) is 0 Å². The Morgan fingerprint density at radius 3 is 2.81 bits per heavy atom. The fourth-order valence-electron chi connectivity index (χ4n) is 6.32. The van der Waals surface area contributed by atoms with Gasteiger partial charge in [-0.25, -0.2) is 0 Å². The Morgan fingerprint density at radius 2 is 2.08 bits per heavy atom. The van der Waals surface area contributed by atoms with Crippen LogP contribution in [0.2, 0.25) is 0 Å². The SMILES string of the molecule is C[N+]1(CC2CC2)CCC23CC(=O)CC[C@@]2(O)[C@H]1C=C1C=CC(O)C(O)=C13. The smallest absolute Gasteiger partial charge is 0.138 e. The van der Waals surface area contributed by atoms with E-state index in [1.165, 1.54) is 12.8 Å². The molecule has 0 aromatic rings. The minimum atomic E-state index is -1.05. The molecular formula is C21H28NO4+. The molecule has 3 N–H and O–H groups in total. The lowest BCUT2D eigenvalue weighted by Crippen LogP contribution is -2.76. The van der Waals surface area contributed by atoms with E-state index in [0.29, 0.717) is 24.8 Å². The van der Waals surface area contributed by atoms with Gasteiger partial charge in [-0.15, -0.1) is 0 Å². The maximum absolute atomic E-state index is 12.4. The van der Waals surface area contributed by atoms with Crippen molar-refractivity contribution in [3.63, 3.8) is 0 Å². The third-order valence-corrected chi connectivity index (χ3v) is 7.79. The minimum Gasteiger partial charge on any atom is -0.509 e. The van der Waals surface area contributed by atoms with Crippen LogP contribution < -0.4 is 0 Å². The van der Waals surface area contributed by atoms with Gasteiger partial charge in [0.15, 0.2) is 0 Å². The fraction of sp³-hybridized carbons (Fsp3) is 0.667. The van der Waals surface area contributed by atoms with E-state index in [9.17, 15) is 20.1 Å². The summed E-state index contributed by atoms with van der Waals surface area (Å²) in [6.45, 7) is 1.95. The number of likely N-dealkylation sites (tertiary alicyclic amines) is 1. The molecule has 140 valence electrons. The number of aliphatic hydroxyl groups is 3. The van der Waals surface area contributed by atoms with Gasteiger partial charge >= 0.3 is 0 Å². The van der Waals surface area contributed by atoms with E-state index in [4.69, 9.17) is 0 Å². The highest BCUT2D eigenvalue weighted by Crippen LogP contribution is 2.63. The Hall–Kier alpha value is -1.43. The number of hydrogen-bond donors (Lipinski definition) is 3. The van der Waals surface area contributed by atoms with E-state index in [-0.39, 0.29) is 24.0 Å². The Labute approximate surface area is 153 Å². The highest BCUT2D eigenvalue weighted by atomic mass is 16.3. The molecule has 0 aromatic carbocycles. The van der Waals surface area contributed by atoms with Crippen LogP contribution in [0.25, 0.3) is 0 Å². The van der Waals surface area contributed by atoms with Crippen molar-refractivity contribution in [2.45, 2.75) is 56.3 Å². The molecule has 5 nitrogen and oxygen atoms in total. The van der Waals surface area contributed by atoms with Crippen molar-refractivity contribution in [3.05, 3.63) is 35.1 Å². The summed E-state index contributed by atoms with van der Waals surface area (Å²) in [6, 6.07) is -0.0728. The van der Waals surface area contributed by atoms with Gasteiger partial charge in [0.1, 0.15) is 29.3 Å². The highest BCUT2D eigenvalue weighted by molar-refractivity contribution is 5.82. The molecule has 5 atom stereocenters. The van der Waals surface area contributed by atoms with Crippen LogP contribution in [0.3, 0.4) is 0 Å². The average Bonchev–Trinajstić information content (AvgIpc) is 3.39. The van der Waals surface area contributed by atoms with E-state index in [1.807, 2.05) is 6.08 Å². The molecule has 2 saturated carbocycles. The summed E-state index contributed by atoms with van der Waals surface area (Å²) >= 11 is 0. The number of quaternary nitrogens is 1. The van der Waals surface area contributed by atoms with Crippen molar-refractivity contribution in [3.8, 4) is 0 Å². The molecule has 0 spiro atoms. The number of nitrogens with zero attached hydrogens (tertiary/aromatic N) is 1. The van der Waals surface area contributed by atoms with Crippen molar-refractivity contribution in [2.24, 2.45) is 11.3 Å². The predicted molar refractivity (Wildman–Crippen MR) is 96.2 cm³/mol. The number of hydrogen-bond acceptors (Lipinski definition) is 4. The Kier molecular flexibility index (Phi) is 3.27. The molecule has 3 unspecified atom stereocenters. The summed E-state index contributed by atoms with van der Waals surface area (Å²) in [5.41, 5.74) is -0.302. The number of Topliss-reactive ketones (excluding diaryl/α,β-unsaturated/α-hetero) is 1. The van der Waals surface area contributed by atoms with Crippen molar-refractivity contribution in [1.82, 2.24) is 0 Å². The van der Waals surface area contributed by atoms with E-state index in [2.05, 4.69) is 13.1 Å². The first-order valence-corrected chi connectivity index (χ1v) is 9.89. The molecule has 1 saturated heterocycles. The number of piperidine rings is 1.